The molecule has 0 saturated heterocycles. The summed E-state index contributed by atoms with van der Waals surface area (Å²) in [5.74, 6) is 0. The zero-order valence-electron chi connectivity index (χ0n) is 7.99. The van der Waals surface area contributed by atoms with E-state index in [1.807, 2.05) is 0 Å². The van der Waals surface area contributed by atoms with Gasteiger partial charge in [0.05, 0.1) is 11.4 Å². The van der Waals surface area contributed by atoms with Gasteiger partial charge in [-0.15, -0.1) is 0 Å². The molecule has 0 heterocycles. The molecule has 0 bridgehead atoms. The minimum atomic E-state index is 0.379. The Kier molecular flexibility index (Phi) is 3.30. The summed E-state index contributed by atoms with van der Waals surface area (Å²) in [6, 6.07) is 5.90. The van der Waals surface area contributed by atoms with Crippen LogP contribution in [0.25, 0.3) is 0 Å². The predicted molar refractivity (Wildman–Crippen MR) is 53.9 cm³/mol. The number of nitrogens with zero attached hydrogens (tertiary/aromatic N) is 6. The van der Waals surface area contributed by atoms with E-state index < -0.39 is 0 Å². The van der Waals surface area contributed by atoms with Gasteiger partial charge in [-0.25, -0.2) is 0 Å². The number of benzene rings is 1. The minimum absolute atomic E-state index is 0.379. The van der Waals surface area contributed by atoms with E-state index >= 15 is 0 Å². The van der Waals surface area contributed by atoms with Crippen LogP contribution < -0.4 is 9.80 Å². The summed E-state index contributed by atoms with van der Waals surface area (Å²) in [4.78, 5) is 1.62. The molecule has 0 atom stereocenters. The molecule has 0 saturated carbocycles. The van der Waals surface area contributed by atoms with Crippen LogP contribution in [0.5, 0.6) is 0 Å². The maximum atomic E-state index is 8.59. The normalized spacial score (nSPS) is 7.75. The molecule has 0 aliphatic rings. The van der Waals surface area contributed by atoms with Crippen molar-refractivity contribution >= 4 is 11.4 Å². The van der Waals surface area contributed by atoms with Gasteiger partial charge in [0, 0.05) is 0 Å². The van der Waals surface area contributed by atoms with Crippen LogP contribution in [0.15, 0.2) is 24.3 Å². The number of hydrogen-bond acceptors (Lipinski definition) is 6. The van der Waals surface area contributed by atoms with E-state index in [2.05, 4.69) is 0 Å². The molecule has 0 aliphatic carbocycles. The second-order valence-corrected chi connectivity index (χ2v) is 2.59. The zero-order valence-corrected chi connectivity index (χ0v) is 7.99. The lowest BCUT2D eigenvalue weighted by Crippen LogP contribution is -2.09. The van der Waals surface area contributed by atoms with Crippen molar-refractivity contribution in [1.82, 2.24) is 0 Å². The topological polar surface area (TPSA) is 102 Å². The third kappa shape index (κ3) is 1.99. The van der Waals surface area contributed by atoms with Crippen LogP contribution in [0.1, 0.15) is 0 Å². The van der Waals surface area contributed by atoms with Crippen LogP contribution in [0, 0.1) is 45.8 Å². The van der Waals surface area contributed by atoms with E-state index in [9.17, 15) is 0 Å². The Morgan fingerprint density at radius 2 is 0.875 bits per heavy atom. The molecule has 1 aromatic rings. The highest BCUT2D eigenvalue weighted by Crippen LogP contribution is 2.19. The van der Waals surface area contributed by atoms with Crippen molar-refractivity contribution in [2.45, 2.75) is 0 Å². The molecule has 0 aliphatic heterocycles. The molecule has 1 aromatic carbocycles. The van der Waals surface area contributed by atoms with Gasteiger partial charge in [-0.3, -0.25) is 0 Å². The zero-order chi connectivity index (χ0) is 12.0. The highest BCUT2D eigenvalue weighted by atomic mass is 15.1. The van der Waals surface area contributed by atoms with Crippen LogP contribution >= 0.6 is 0 Å². The Balaban J connectivity index is 3.03. The lowest BCUT2D eigenvalue weighted by molar-refractivity contribution is 1.24. The molecule has 6 nitrogen and oxygen atoms in total. The van der Waals surface area contributed by atoms with Crippen molar-refractivity contribution in [2.75, 3.05) is 9.80 Å². The van der Waals surface area contributed by atoms with E-state index in [-0.39, 0.29) is 0 Å². The first-order chi connectivity index (χ1) is 7.76. The maximum Gasteiger partial charge on any atom is 0.198 e. The van der Waals surface area contributed by atoms with E-state index in [0.717, 1.165) is 9.80 Å². The average Bonchev–Trinajstić information content (AvgIpc) is 2.34. The molecular weight excluding hydrogens is 204 g/mol. The first kappa shape index (κ1) is 10.9. The van der Waals surface area contributed by atoms with Gasteiger partial charge in [0.15, 0.2) is 24.8 Å². The molecule has 0 unspecified atom stereocenters. The average molecular weight is 208 g/mol. The molecule has 0 amide bonds. The van der Waals surface area contributed by atoms with Crippen molar-refractivity contribution in [1.29, 1.82) is 21.0 Å². The minimum Gasteiger partial charge on any atom is -0.183 e. The molecule has 0 spiro atoms. The summed E-state index contributed by atoms with van der Waals surface area (Å²) >= 11 is 0. The molecule has 0 fully saturated rings. The molecule has 1 rings (SSSR count). The summed E-state index contributed by atoms with van der Waals surface area (Å²) in [5, 5.41) is 34.4. The predicted octanol–water partition coefficient (Wildman–Crippen LogP) is 1.22. The Hall–Kier alpha value is -3.22. The fraction of sp³-hybridized carbons (Fsp3) is 0. The van der Waals surface area contributed by atoms with E-state index in [0.29, 0.717) is 11.4 Å². The highest BCUT2D eigenvalue weighted by Gasteiger charge is 2.06. The molecule has 0 aromatic heterocycles. The summed E-state index contributed by atoms with van der Waals surface area (Å²) in [6.07, 6.45) is 6.69. The molecule has 74 valence electrons. The van der Waals surface area contributed by atoms with Gasteiger partial charge in [-0.2, -0.15) is 30.8 Å². The van der Waals surface area contributed by atoms with Gasteiger partial charge in [-0.05, 0) is 24.3 Å². The van der Waals surface area contributed by atoms with Gasteiger partial charge < -0.3 is 0 Å². The van der Waals surface area contributed by atoms with Gasteiger partial charge >= 0.3 is 0 Å². The Morgan fingerprint density at radius 3 is 1.06 bits per heavy atom. The van der Waals surface area contributed by atoms with Gasteiger partial charge in [-0.1, -0.05) is 0 Å². The van der Waals surface area contributed by atoms with E-state index in [1.54, 1.807) is 24.8 Å². The second kappa shape index (κ2) is 4.86. The van der Waals surface area contributed by atoms with Crippen molar-refractivity contribution in [3.05, 3.63) is 24.3 Å². The molecule has 0 N–H and O–H groups in total. The fourth-order valence-electron chi connectivity index (χ4n) is 1.03. The van der Waals surface area contributed by atoms with E-state index in [1.165, 1.54) is 24.3 Å². The summed E-state index contributed by atoms with van der Waals surface area (Å²) < 4.78 is 0. The van der Waals surface area contributed by atoms with Gasteiger partial charge in [0.1, 0.15) is 0 Å². The quantitative estimate of drug-likeness (QED) is 0.534. The van der Waals surface area contributed by atoms with E-state index in [4.69, 9.17) is 21.0 Å². The van der Waals surface area contributed by atoms with Crippen molar-refractivity contribution in [3.63, 3.8) is 0 Å². The lowest BCUT2D eigenvalue weighted by atomic mass is 10.2. The summed E-state index contributed by atoms with van der Waals surface area (Å²) in [7, 11) is 0. The smallest absolute Gasteiger partial charge is 0.183 e. The van der Waals surface area contributed by atoms with Crippen LogP contribution in [0.3, 0.4) is 0 Å². The standard InChI is InChI=1S/C10H4N6/c11-5-15(6-12)9-1-2-10(4-3-9)16(7-13)8-14/h1-4H. The third-order valence-corrected chi connectivity index (χ3v) is 1.77. The van der Waals surface area contributed by atoms with Crippen molar-refractivity contribution in [2.24, 2.45) is 0 Å². The molecule has 16 heavy (non-hydrogen) atoms. The Morgan fingerprint density at radius 1 is 0.625 bits per heavy atom. The maximum absolute atomic E-state index is 8.59. The van der Waals surface area contributed by atoms with Crippen LogP contribution in [-0.2, 0) is 0 Å². The first-order valence-corrected chi connectivity index (χ1v) is 4.06. The Bertz CT molecular complexity index is 454. The summed E-state index contributed by atoms with van der Waals surface area (Å²) in [5.41, 5.74) is 0.758. The van der Waals surface area contributed by atoms with Gasteiger partial charge in [0.2, 0.25) is 0 Å². The fourth-order valence-corrected chi connectivity index (χ4v) is 1.03. The van der Waals surface area contributed by atoms with Crippen LogP contribution in [0.2, 0.25) is 0 Å². The number of hydrogen-bond donors (Lipinski definition) is 0. The highest BCUT2D eigenvalue weighted by molar-refractivity contribution is 5.63. The van der Waals surface area contributed by atoms with Crippen LogP contribution in [-0.4, -0.2) is 0 Å². The molecule has 6 heteroatoms. The number of anilines is 2. The monoisotopic (exact) mass is 208 g/mol. The number of nitriles is 4. The first-order valence-electron chi connectivity index (χ1n) is 4.06. The van der Waals surface area contributed by atoms with Crippen molar-refractivity contribution in [3.8, 4) is 24.8 Å². The largest absolute Gasteiger partial charge is 0.198 e. The lowest BCUT2D eigenvalue weighted by Gasteiger charge is -2.08. The molecular formula is C10H4N6. The SMILES string of the molecule is N#CN(C#N)c1ccc(N(C#N)C#N)cc1. The number of rotatable bonds is 2. The van der Waals surface area contributed by atoms with Crippen LogP contribution in [0.4, 0.5) is 11.4 Å². The van der Waals surface area contributed by atoms with Gasteiger partial charge in [0.25, 0.3) is 0 Å². The summed E-state index contributed by atoms with van der Waals surface area (Å²) in [6.45, 7) is 0. The second-order valence-electron chi connectivity index (χ2n) is 2.59. The molecule has 0 radical (unpaired) electrons. The Labute approximate surface area is 92.0 Å². The van der Waals surface area contributed by atoms with Crippen molar-refractivity contribution < 1.29 is 0 Å². The third-order valence-electron chi connectivity index (χ3n) is 1.77.